The zero-order valence-corrected chi connectivity index (χ0v) is 11.8. The van der Waals surface area contributed by atoms with Gasteiger partial charge >= 0.3 is 0 Å². The average Bonchev–Trinajstić information content (AvgIpc) is 2.48. The molecule has 0 bridgehead atoms. The van der Waals surface area contributed by atoms with Gasteiger partial charge in [-0.2, -0.15) is 0 Å². The lowest BCUT2D eigenvalue weighted by molar-refractivity contribution is 0.376. The highest BCUT2D eigenvalue weighted by molar-refractivity contribution is 5.49. The standard InChI is InChI=1S/C14H18N4O2/c1-9-16-8-7-10(17-9)14(18-15)13-11(19-2)5-4-6-12(13)20-3/h4-8,14,18H,15H2,1-3H3. The number of hydrazine groups is 1. The van der Waals surface area contributed by atoms with E-state index in [0.717, 1.165) is 11.3 Å². The molecule has 0 aliphatic rings. The van der Waals surface area contributed by atoms with E-state index >= 15 is 0 Å². The van der Waals surface area contributed by atoms with Crippen LogP contribution in [-0.4, -0.2) is 24.2 Å². The molecule has 0 saturated heterocycles. The molecule has 1 aromatic heterocycles. The Morgan fingerprint density at radius 3 is 2.30 bits per heavy atom. The van der Waals surface area contributed by atoms with E-state index in [1.54, 1.807) is 20.4 Å². The summed E-state index contributed by atoms with van der Waals surface area (Å²) in [6.07, 6.45) is 1.70. The largest absolute Gasteiger partial charge is 0.496 e. The first-order valence-corrected chi connectivity index (χ1v) is 6.17. The Balaban J connectivity index is 2.57. The molecule has 3 N–H and O–H groups in total. The molecule has 0 fully saturated rings. The molecule has 2 rings (SSSR count). The number of hydrogen-bond acceptors (Lipinski definition) is 6. The van der Waals surface area contributed by atoms with Crippen molar-refractivity contribution in [2.45, 2.75) is 13.0 Å². The quantitative estimate of drug-likeness (QED) is 0.632. The predicted molar refractivity (Wildman–Crippen MR) is 75.5 cm³/mol. The van der Waals surface area contributed by atoms with Crippen molar-refractivity contribution in [3.05, 3.63) is 47.5 Å². The van der Waals surface area contributed by atoms with Gasteiger partial charge in [0.25, 0.3) is 0 Å². The van der Waals surface area contributed by atoms with Gasteiger partial charge in [0.05, 0.1) is 31.5 Å². The maximum absolute atomic E-state index is 5.71. The lowest BCUT2D eigenvalue weighted by Crippen LogP contribution is -2.30. The Kier molecular flexibility index (Phi) is 4.49. The van der Waals surface area contributed by atoms with Crippen molar-refractivity contribution in [2.24, 2.45) is 5.84 Å². The predicted octanol–water partition coefficient (Wildman–Crippen LogP) is 1.35. The number of nitrogens with one attached hydrogen (secondary N) is 1. The van der Waals surface area contributed by atoms with Crippen molar-refractivity contribution in [3.63, 3.8) is 0 Å². The van der Waals surface area contributed by atoms with Crippen molar-refractivity contribution in [1.29, 1.82) is 0 Å². The first-order chi connectivity index (χ1) is 9.71. The van der Waals surface area contributed by atoms with Gasteiger partial charge in [0.15, 0.2) is 0 Å². The summed E-state index contributed by atoms with van der Waals surface area (Å²) in [6, 6.07) is 7.04. The smallest absolute Gasteiger partial charge is 0.127 e. The Hall–Kier alpha value is -2.18. The molecule has 2 aromatic rings. The summed E-state index contributed by atoms with van der Waals surface area (Å²) in [5, 5.41) is 0. The third kappa shape index (κ3) is 2.71. The molecule has 0 aliphatic heterocycles. The van der Waals surface area contributed by atoms with E-state index in [2.05, 4.69) is 15.4 Å². The van der Waals surface area contributed by atoms with Gasteiger partial charge in [-0.1, -0.05) is 6.07 Å². The van der Waals surface area contributed by atoms with E-state index < -0.39 is 0 Å². The Morgan fingerprint density at radius 2 is 1.80 bits per heavy atom. The summed E-state index contributed by atoms with van der Waals surface area (Å²) in [6.45, 7) is 1.83. The second-order valence-electron chi connectivity index (χ2n) is 4.20. The zero-order chi connectivity index (χ0) is 14.5. The summed E-state index contributed by atoms with van der Waals surface area (Å²) >= 11 is 0. The van der Waals surface area contributed by atoms with Gasteiger partial charge in [-0.25, -0.2) is 15.4 Å². The summed E-state index contributed by atoms with van der Waals surface area (Å²) in [5.74, 6) is 7.76. The Morgan fingerprint density at radius 1 is 1.15 bits per heavy atom. The van der Waals surface area contributed by atoms with Crippen LogP contribution >= 0.6 is 0 Å². The third-order valence-electron chi connectivity index (χ3n) is 3.01. The molecule has 0 aliphatic carbocycles. The van der Waals surface area contributed by atoms with Crippen LogP contribution in [0.2, 0.25) is 0 Å². The monoisotopic (exact) mass is 274 g/mol. The third-order valence-corrected chi connectivity index (χ3v) is 3.01. The van der Waals surface area contributed by atoms with Crippen LogP contribution in [0.15, 0.2) is 30.5 Å². The molecule has 6 nitrogen and oxygen atoms in total. The molecule has 1 atom stereocenters. The molecule has 1 aromatic carbocycles. The van der Waals surface area contributed by atoms with Gasteiger partial charge in [-0.3, -0.25) is 5.84 Å². The second kappa shape index (κ2) is 6.31. The number of methoxy groups -OCH3 is 2. The van der Waals surface area contributed by atoms with Crippen molar-refractivity contribution in [3.8, 4) is 11.5 Å². The molecule has 1 unspecified atom stereocenters. The minimum Gasteiger partial charge on any atom is -0.496 e. The topological polar surface area (TPSA) is 82.3 Å². The van der Waals surface area contributed by atoms with Gasteiger partial charge in [-0.15, -0.1) is 0 Å². The number of aromatic nitrogens is 2. The van der Waals surface area contributed by atoms with E-state index in [0.29, 0.717) is 17.3 Å². The fourth-order valence-electron chi connectivity index (χ4n) is 2.12. The molecular formula is C14H18N4O2. The molecular weight excluding hydrogens is 256 g/mol. The first kappa shape index (κ1) is 14.2. The molecule has 0 amide bonds. The van der Waals surface area contributed by atoms with Crippen molar-refractivity contribution in [1.82, 2.24) is 15.4 Å². The molecule has 1 heterocycles. The fraction of sp³-hybridized carbons (Fsp3) is 0.286. The average molecular weight is 274 g/mol. The van der Waals surface area contributed by atoms with Gasteiger partial charge in [0, 0.05) is 6.20 Å². The minimum absolute atomic E-state index is 0.345. The highest BCUT2D eigenvalue weighted by Crippen LogP contribution is 2.36. The molecule has 0 radical (unpaired) electrons. The molecule has 20 heavy (non-hydrogen) atoms. The van der Waals surface area contributed by atoms with E-state index in [9.17, 15) is 0 Å². The second-order valence-corrected chi connectivity index (χ2v) is 4.20. The van der Waals surface area contributed by atoms with Gasteiger partial charge in [0.1, 0.15) is 17.3 Å². The SMILES string of the molecule is COc1cccc(OC)c1C(NN)c1ccnc(C)n1. The maximum Gasteiger partial charge on any atom is 0.127 e. The van der Waals surface area contributed by atoms with Crippen molar-refractivity contribution in [2.75, 3.05) is 14.2 Å². The van der Waals surface area contributed by atoms with Gasteiger partial charge in [0.2, 0.25) is 0 Å². The molecule has 0 spiro atoms. The molecule has 6 heteroatoms. The number of nitrogens with two attached hydrogens (primary N) is 1. The summed E-state index contributed by atoms with van der Waals surface area (Å²) in [4.78, 5) is 8.50. The summed E-state index contributed by atoms with van der Waals surface area (Å²) in [7, 11) is 3.22. The Labute approximate surface area is 117 Å². The molecule has 0 saturated carbocycles. The number of ether oxygens (including phenoxy) is 2. The lowest BCUT2D eigenvalue weighted by atomic mass is 10.0. The van der Waals surface area contributed by atoms with Gasteiger partial charge in [-0.05, 0) is 25.1 Å². The molecule has 106 valence electrons. The van der Waals surface area contributed by atoms with Crippen LogP contribution in [0.25, 0.3) is 0 Å². The summed E-state index contributed by atoms with van der Waals surface area (Å²) in [5.41, 5.74) is 4.32. The number of nitrogens with zero attached hydrogens (tertiary/aromatic N) is 2. The summed E-state index contributed by atoms with van der Waals surface area (Å²) < 4.78 is 10.8. The van der Waals surface area contributed by atoms with Crippen LogP contribution in [0.5, 0.6) is 11.5 Å². The van der Waals surface area contributed by atoms with E-state index in [4.69, 9.17) is 15.3 Å². The fourth-order valence-corrected chi connectivity index (χ4v) is 2.12. The zero-order valence-electron chi connectivity index (χ0n) is 11.8. The van der Waals surface area contributed by atoms with Crippen LogP contribution in [-0.2, 0) is 0 Å². The highest BCUT2D eigenvalue weighted by Gasteiger charge is 2.22. The lowest BCUT2D eigenvalue weighted by Gasteiger charge is -2.21. The van der Waals surface area contributed by atoms with E-state index in [1.807, 2.05) is 31.2 Å². The minimum atomic E-state index is -0.345. The first-order valence-electron chi connectivity index (χ1n) is 6.17. The van der Waals surface area contributed by atoms with Crippen LogP contribution < -0.4 is 20.7 Å². The van der Waals surface area contributed by atoms with Crippen LogP contribution in [0.1, 0.15) is 23.1 Å². The van der Waals surface area contributed by atoms with Crippen molar-refractivity contribution < 1.29 is 9.47 Å². The van der Waals surface area contributed by atoms with E-state index in [-0.39, 0.29) is 6.04 Å². The number of rotatable bonds is 5. The van der Waals surface area contributed by atoms with Crippen LogP contribution in [0.4, 0.5) is 0 Å². The normalized spacial score (nSPS) is 12.0. The maximum atomic E-state index is 5.71. The van der Waals surface area contributed by atoms with Crippen molar-refractivity contribution >= 4 is 0 Å². The number of hydrogen-bond donors (Lipinski definition) is 2. The number of aryl methyl sites for hydroxylation is 1. The van der Waals surface area contributed by atoms with Gasteiger partial charge < -0.3 is 9.47 Å². The number of benzene rings is 1. The van der Waals surface area contributed by atoms with Crippen LogP contribution in [0.3, 0.4) is 0 Å². The Bertz CT molecular complexity index is 567. The van der Waals surface area contributed by atoms with E-state index in [1.165, 1.54) is 0 Å². The highest BCUT2D eigenvalue weighted by atomic mass is 16.5. The van der Waals surface area contributed by atoms with Crippen LogP contribution in [0, 0.1) is 6.92 Å².